The van der Waals surface area contributed by atoms with E-state index in [0.717, 1.165) is 5.56 Å². The van der Waals surface area contributed by atoms with Crippen LogP contribution in [0, 0.1) is 0 Å². The van der Waals surface area contributed by atoms with Crippen molar-refractivity contribution in [1.29, 1.82) is 0 Å². The van der Waals surface area contributed by atoms with E-state index in [0.29, 0.717) is 26.2 Å². The number of likely N-dealkylation sites (N-methyl/N-ethyl adjacent to an activating group) is 1. The van der Waals surface area contributed by atoms with Gasteiger partial charge >= 0.3 is 6.03 Å². The van der Waals surface area contributed by atoms with E-state index < -0.39 is 6.04 Å². The Bertz CT molecular complexity index is 461. The van der Waals surface area contributed by atoms with E-state index in [4.69, 9.17) is 4.74 Å². The van der Waals surface area contributed by atoms with Crippen LogP contribution < -0.4 is 10.6 Å². The van der Waals surface area contributed by atoms with Crippen LogP contribution in [0.15, 0.2) is 30.3 Å². The minimum absolute atomic E-state index is 0.113. The summed E-state index contributed by atoms with van der Waals surface area (Å²) in [7, 11) is 1.57. The normalized spacial score (nSPS) is 11.6. The standard InChI is InChI=1S/C16H25N3O3/c1-4-19(5-2)15(20)14(13-9-7-6-8-10-13)18-16(21)17-11-12-22-3/h6-10,14H,4-5,11-12H2,1-3H3,(H2,17,18,21)/t14-/m0/s1. The summed E-state index contributed by atoms with van der Waals surface area (Å²) in [6, 6.07) is 8.17. The number of urea groups is 1. The smallest absolute Gasteiger partial charge is 0.315 e. The molecular weight excluding hydrogens is 282 g/mol. The number of nitrogens with zero attached hydrogens (tertiary/aromatic N) is 1. The Morgan fingerprint density at radius 2 is 1.82 bits per heavy atom. The van der Waals surface area contributed by atoms with Gasteiger partial charge in [0.15, 0.2) is 0 Å². The molecule has 0 saturated heterocycles. The van der Waals surface area contributed by atoms with Crippen molar-refractivity contribution in [3.8, 4) is 0 Å². The molecule has 0 radical (unpaired) electrons. The Morgan fingerprint density at radius 3 is 2.36 bits per heavy atom. The second-order valence-electron chi connectivity index (χ2n) is 4.75. The van der Waals surface area contributed by atoms with Crippen LogP contribution in [0.4, 0.5) is 4.79 Å². The van der Waals surface area contributed by atoms with E-state index in [1.54, 1.807) is 12.0 Å². The molecule has 1 rings (SSSR count). The number of ether oxygens (including phenoxy) is 1. The number of carbonyl (C=O) groups excluding carboxylic acids is 2. The van der Waals surface area contributed by atoms with Crippen molar-refractivity contribution < 1.29 is 14.3 Å². The molecule has 0 heterocycles. The highest BCUT2D eigenvalue weighted by Crippen LogP contribution is 2.15. The number of hydrogen-bond acceptors (Lipinski definition) is 3. The Labute approximate surface area is 131 Å². The lowest BCUT2D eigenvalue weighted by molar-refractivity contribution is -0.133. The number of rotatable bonds is 8. The van der Waals surface area contributed by atoms with Gasteiger partial charge in [-0.1, -0.05) is 30.3 Å². The maximum atomic E-state index is 12.6. The van der Waals surface area contributed by atoms with Gasteiger partial charge in [-0.05, 0) is 19.4 Å². The molecule has 6 nitrogen and oxygen atoms in total. The van der Waals surface area contributed by atoms with Gasteiger partial charge in [0.25, 0.3) is 0 Å². The first kappa shape index (κ1) is 18.0. The molecule has 0 saturated carbocycles. The second-order valence-corrected chi connectivity index (χ2v) is 4.75. The van der Waals surface area contributed by atoms with E-state index in [-0.39, 0.29) is 11.9 Å². The molecule has 1 aromatic rings. The number of nitrogens with one attached hydrogen (secondary N) is 2. The van der Waals surface area contributed by atoms with Gasteiger partial charge in [0.1, 0.15) is 6.04 Å². The molecule has 2 N–H and O–H groups in total. The van der Waals surface area contributed by atoms with Gasteiger partial charge in [-0.15, -0.1) is 0 Å². The summed E-state index contributed by atoms with van der Waals surface area (Å²) in [5.41, 5.74) is 0.765. The zero-order valence-electron chi connectivity index (χ0n) is 13.5. The summed E-state index contributed by atoms with van der Waals surface area (Å²) in [5, 5.41) is 5.41. The van der Waals surface area contributed by atoms with Crippen molar-refractivity contribution in [3.63, 3.8) is 0 Å². The van der Waals surface area contributed by atoms with Gasteiger partial charge in [-0.3, -0.25) is 4.79 Å². The lowest BCUT2D eigenvalue weighted by Gasteiger charge is -2.26. The number of amides is 3. The first-order valence-electron chi connectivity index (χ1n) is 7.51. The molecule has 0 aromatic heterocycles. The van der Waals surface area contributed by atoms with Gasteiger partial charge in [0, 0.05) is 26.7 Å². The van der Waals surface area contributed by atoms with E-state index in [1.807, 2.05) is 44.2 Å². The average Bonchev–Trinajstić information content (AvgIpc) is 2.54. The third-order valence-electron chi connectivity index (χ3n) is 3.32. The zero-order valence-corrected chi connectivity index (χ0v) is 13.5. The van der Waals surface area contributed by atoms with Gasteiger partial charge in [-0.25, -0.2) is 4.79 Å². The molecule has 3 amide bonds. The molecule has 22 heavy (non-hydrogen) atoms. The average molecular weight is 307 g/mol. The van der Waals surface area contributed by atoms with Crippen molar-refractivity contribution in [3.05, 3.63) is 35.9 Å². The first-order chi connectivity index (χ1) is 10.6. The maximum absolute atomic E-state index is 12.6. The first-order valence-corrected chi connectivity index (χ1v) is 7.51. The van der Waals surface area contributed by atoms with Crippen molar-refractivity contribution in [2.24, 2.45) is 0 Å². The van der Waals surface area contributed by atoms with Gasteiger partial charge < -0.3 is 20.3 Å². The van der Waals surface area contributed by atoms with Crippen LogP contribution in [0.2, 0.25) is 0 Å². The Hall–Kier alpha value is -2.08. The van der Waals surface area contributed by atoms with E-state index in [1.165, 1.54) is 0 Å². The Balaban J connectivity index is 2.83. The van der Waals surface area contributed by atoms with Crippen LogP contribution in [-0.2, 0) is 9.53 Å². The maximum Gasteiger partial charge on any atom is 0.315 e. The monoisotopic (exact) mass is 307 g/mol. The van der Waals surface area contributed by atoms with Crippen molar-refractivity contribution in [1.82, 2.24) is 15.5 Å². The number of methoxy groups -OCH3 is 1. The summed E-state index contributed by atoms with van der Waals surface area (Å²) < 4.78 is 4.88. The SMILES string of the molecule is CCN(CC)C(=O)[C@@H](NC(=O)NCCOC)c1ccccc1. The molecule has 6 heteroatoms. The van der Waals surface area contributed by atoms with Crippen molar-refractivity contribution in [2.75, 3.05) is 33.4 Å². The molecular formula is C16H25N3O3. The summed E-state index contributed by atoms with van der Waals surface area (Å²) in [6.07, 6.45) is 0. The predicted octanol–water partition coefficient (Wildman–Crippen LogP) is 1.54. The van der Waals surface area contributed by atoms with Crippen LogP contribution in [0.5, 0.6) is 0 Å². The lowest BCUT2D eigenvalue weighted by Crippen LogP contribution is -2.46. The summed E-state index contributed by atoms with van der Waals surface area (Å²) >= 11 is 0. The minimum Gasteiger partial charge on any atom is -0.383 e. The van der Waals surface area contributed by atoms with Gasteiger partial charge in [0.2, 0.25) is 5.91 Å². The Morgan fingerprint density at radius 1 is 1.18 bits per heavy atom. The van der Waals surface area contributed by atoms with Gasteiger partial charge in [-0.2, -0.15) is 0 Å². The fraction of sp³-hybridized carbons (Fsp3) is 0.500. The molecule has 1 aromatic carbocycles. The molecule has 0 aliphatic rings. The molecule has 1 atom stereocenters. The molecule has 0 unspecified atom stereocenters. The van der Waals surface area contributed by atoms with E-state index >= 15 is 0 Å². The molecule has 122 valence electrons. The third kappa shape index (κ3) is 5.37. The van der Waals surface area contributed by atoms with Crippen LogP contribution >= 0.6 is 0 Å². The highest BCUT2D eigenvalue weighted by Gasteiger charge is 2.25. The highest BCUT2D eigenvalue weighted by atomic mass is 16.5. The fourth-order valence-electron chi connectivity index (χ4n) is 2.10. The number of carbonyl (C=O) groups is 2. The molecule has 0 bridgehead atoms. The van der Waals surface area contributed by atoms with Crippen molar-refractivity contribution in [2.45, 2.75) is 19.9 Å². The van der Waals surface area contributed by atoms with Crippen molar-refractivity contribution >= 4 is 11.9 Å². The summed E-state index contributed by atoms with van der Waals surface area (Å²) in [4.78, 5) is 26.3. The van der Waals surface area contributed by atoms with E-state index in [9.17, 15) is 9.59 Å². The lowest BCUT2D eigenvalue weighted by atomic mass is 10.1. The third-order valence-corrected chi connectivity index (χ3v) is 3.32. The summed E-state index contributed by atoms with van der Waals surface area (Å²) in [6.45, 7) is 5.86. The largest absolute Gasteiger partial charge is 0.383 e. The predicted molar refractivity (Wildman–Crippen MR) is 85.5 cm³/mol. The fourth-order valence-corrected chi connectivity index (χ4v) is 2.10. The minimum atomic E-state index is -0.691. The van der Waals surface area contributed by atoms with Crippen LogP contribution in [-0.4, -0.2) is 50.2 Å². The highest BCUT2D eigenvalue weighted by molar-refractivity contribution is 5.88. The molecule has 0 spiro atoms. The van der Waals surface area contributed by atoms with Crippen LogP contribution in [0.25, 0.3) is 0 Å². The van der Waals surface area contributed by atoms with Crippen LogP contribution in [0.3, 0.4) is 0 Å². The topological polar surface area (TPSA) is 70.7 Å². The second kappa shape index (κ2) is 9.78. The molecule has 0 fully saturated rings. The summed E-state index contributed by atoms with van der Waals surface area (Å²) in [5.74, 6) is -0.113. The number of hydrogen-bond donors (Lipinski definition) is 2. The zero-order chi connectivity index (χ0) is 16.4. The quantitative estimate of drug-likeness (QED) is 0.716. The molecule has 0 aliphatic carbocycles. The Kier molecular flexibility index (Phi) is 7.99. The van der Waals surface area contributed by atoms with Crippen LogP contribution in [0.1, 0.15) is 25.5 Å². The molecule has 0 aliphatic heterocycles. The number of benzene rings is 1. The van der Waals surface area contributed by atoms with E-state index in [2.05, 4.69) is 10.6 Å². The van der Waals surface area contributed by atoms with Gasteiger partial charge in [0.05, 0.1) is 6.61 Å².